The van der Waals surface area contributed by atoms with Crippen molar-refractivity contribution in [2.45, 2.75) is 38.2 Å². The third-order valence-corrected chi connectivity index (χ3v) is 5.96. The SMILES string of the molecule is O=C(NC[C@@H]1CCCO1)C1(Cc2ccc(-c3ccncc3)cc2)CCOCC1. The quantitative estimate of drug-likeness (QED) is 0.835. The number of nitrogens with zero attached hydrogens (tertiary/aromatic N) is 1. The summed E-state index contributed by atoms with van der Waals surface area (Å²) in [4.78, 5) is 17.2. The molecule has 1 N–H and O–H groups in total. The average Bonchev–Trinajstić information content (AvgIpc) is 3.27. The van der Waals surface area contributed by atoms with E-state index in [0.29, 0.717) is 19.8 Å². The van der Waals surface area contributed by atoms with Crippen LogP contribution >= 0.6 is 0 Å². The van der Waals surface area contributed by atoms with E-state index in [2.05, 4.69) is 34.6 Å². The number of carbonyl (C=O) groups excluding carboxylic acids is 1. The highest BCUT2D eigenvalue weighted by Gasteiger charge is 2.40. The Hall–Kier alpha value is -2.24. The largest absolute Gasteiger partial charge is 0.381 e. The van der Waals surface area contributed by atoms with Gasteiger partial charge >= 0.3 is 0 Å². The zero-order chi connectivity index (χ0) is 19.2. The van der Waals surface area contributed by atoms with E-state index in [-0.39, 0.29) is 12.0 Å². The van der Waals surface area contributed by atoms with Crippen LogP contribution in [0.1, 0.15) is 31.2 Å². The van der Waals surface area contributed by atoms with Crippen LogP contribution in [0.2, 0.25) is 0 Å². The number of benzene rings is 1. The van der Waals surface area contributed by atoms with E-state index in [0.717, 1.165) is 49.8 Å². The Balaban J connectivity index is 1.45. The number of rotatable bonds is 6. The maximum Gasteiger partial charge on any atom is 0.226 e. The van der Waals surface area contributed by atoms with Crippen LogP contribution in [0.5, 0.6) is 0 Å². The highest BCUT2D eigenvalue weighted by atomic mass is 16.5. The molecule has 0 radical (unpaired) electrons. The van der Waals surface area contributed by atoms with Crippen LogP contribution in [0, 0.1) is 5.41 Å². The fraction of sp³-hybridized carbons (Fsp3) is 0.478. The molecule has 2 saturated heterocycles. The smallest absolute Gasteiger partial charge is 0.226 e. The van der Waals surface area contributed by atoms with Crippen molar-refractivity contribution >= 4 is 5.91 Å². The second-order valence-corrected chi connectivity index (χ2v) is 7.85. The second-order valence-electron chi connectivity index (χ2n) is 7.85. The minimum Gasteiger partial charge on any atom is -0.381 e. The van der Waals surface area contributed by atoms with Crippen molar-refractivity contribution in [3.63, 3.8) is 0 Å². The molecule has 5 nitrogen and oxygen atoms in total. The third kappa shape index (κ3) is 4.42. The maximum atomic E-state index is 13.1. The molecule has 1 aromatic carbocycles. The Morgan fingerprint density at radius 2 is 1.75 bits per heavy atom. The molecule has 0 bridgehead atoms. The normalized spacial score (nSPS) is 21.4. The van der Waals surface area contributed by atoms with Crippen molar-refractivity contribution in [2.75, 3.05) is 26.4 Å². The summed E-state index contributed by atoms with van der Waals surface area (Å²) in [5, 5.41) is 3.17. The highest BCUT2D eigenvalue weighted by molar-refractivity contribution is 5.83. The average molecular weight is 380 g/mol. The van der Waals surface area contributed by atoms with Crippen LogP contribution < -0.4 is 5.32 Å². The van der Waals surface area contributed by atoms with E-state index in [1.54, 1.807) is 12.4 Å². The molecular formula is C23H28N2O3. The predicted molar refractivity (Wildman–Crippen MR) is 108 cm³/mol. The van der Waals surface area contributed by atoms with Gasteiger partial charge in [-0.25, -0.2) is 0 Å². The molecule has 0 unspecified atom stereocenters. The van der Waals surface area contributed by atoms with Gasteiger partial charge in [0.15, 0.2) is 0 Å². The second kappa shape index (κ2) is 8.84. The minimum absolute atomic E-state index is 0.143. The Morgan fingerprint density at radius 3 is 2.43 bits per heavy atom. The van der Waals surface area contributed by atoms with Crippen molar-refractivity contribution in [2.24, 2.45) is 5.41 Å². The van der Waals surface area contributed by atoms with Gasteiger partial charge in [0.1, 0.15) is 0 Å². The topological polar surface area (TPSA) is 60.5 Å². The summed E-state index contributed by atoms with van der Waals surface area (Å²) >= 11 is 0. The fourth-order valence-electron chi connectivity index (χ4n) is 4.20. The van der Waals surface area contributed by atoms with Gasteiger partial charge in [-0.15, -0.1) is 0 Å². The van der Waals surface area contributed by atoms with Gasteiger partial charge in [-0.05, 0) is 60.9 Å². The number of hydrogen-bond donors (Lipinski definition) is 1. The van der Waals surface area contributed by atoms with Gasteiger partial charge in [-0.2, -0.15) is 0 Å². The zero-order valence-electron chi connectivity index (χ0n) is 16.2. The molecule has 1 aromatic heterocycles. The molecule has 0 saturated carbocycles. The van der Waals surface area contributed by atoms with Crippen molar-refractivity contribution in [3.8, 4) is 11.1 Å². The lowest BCUT2D eigenvalue weighted by Gasteiger charge is -2.36. The molecular weight excluding hydrogens is 352 g/mol. The van der Waals surface area contributed by atoms with E-state index < -0.39 is 5.41 Å². The van der Waals surface area contributed by atoms with Gasteiger partial charge in [0.2, 0.25) is 5.91 Å². The van der Waals surface area contributed by atoms with E-state index in [1.165, 1.54) is 5.56 Å². The highest BCUT2D eigenvalue weighted by Crippen LogP contribution is 2.35. The molecule has 0 aliphatic carbocycles. The first-order chi connectivity index (χ1) is 13.8. The molecule has 148 valence electrons. The van der Waals surface area contributed by atoms with Crippen LogP contribution in [0.3, 0.4) is 0 Å². The molecule has 1 atom stereocenters. The number of carbonyl (C=O) groups is 1. The standard InChI is InChI=1S/C23H28N2O3/c26-22(25-17-21-2-1-13-28-21)23(9-14-27-15-10-23)16-18-3-5-19(6-4-18)20-7-11-24-12-8-20/h3-8,11-12,21H,1-2,9-10,13-17H2,(H,25,26)/t21-/m0/s1. The number of amides is 1. The molecule has 5 heteroatoms. The summed E-state index contributed by atoms with van der Waals surface area (Å²) in [5.41, 5.74) is 3.10. The lowest BCUT2D eigenvalue weighted by atomic mass is 9.74. The molecule has 2 aliphatic rings. The molecule has 1 amide bonds. The lowest BCUT2D eigenvalue weighted by Crippen LogP contribution is -2.47. The van der Waals surface area contributed by atoms with E-state index in [9.17, 15) is 4.79 Å². The summed E-state index contributed by atoms with van der Waals surface area (Å²) in [6.07, 6.45) is 8.16. The van der Waals surface area contributed by atoms with Crippen molar-refractivity contribution in [1.29, 1.82) is 0 Å². The first-order valence-corrected chi connectivity index (χ1v) is 10.2. The van der Waals surface area contributed by atoms with E-state index in [1.807, 2.05) is 12.1 Å². The number of hydrogen-bond acceptors (Lipinski definition) is 4. The van der Waals surface area contributed by atoms with Gasteiger partial charge in [0.25, 0.3) is 0 Å². The molecule has 4 rings (SSSR count). The van der Waals surface area contributed by atoms with Crippen LogP contribution in [0.25, 0.3) is 11.1 Å². The van der Waals surface area contributed by atoms with Gasteiger partial charge in [0, 0.05) is 38.8 Å². The Morgan fingerprint density at radius 1 is 1.04 bits per heavy atom. The molecule has 2 fully saturated rings. The Bertz CT molecular complexity index is 764. The number of aromatic nitrogens is 1. The van der Waals surface area contributed by atoms with Gasteiger partial charge in [-0.1, -0.05) is 24.3 Å². The van der Waals surface area contributed by atoms with E-state index in [4.69, 9.17) is 9.47 Å². The van der Waals surface area contributed by atoms with Crippen molar-refractivity contribution < 1.29 is 14.3 Å². The minimum atomic E-state index is -0.394. The monoisotopic (exact) mass is 380 g/mol. The van der Waals surface area contributed by atoms with Gasteiger partial charge < -0.3 is 14.8 Å². The van der Waals surface area contributed by atoms with Gasteiger partial charge in [-0.3, -0.25) is 9.78 Å². The predicted octanol–water partition coefficient (Wildman–Crippen LogP) is 3.38. The Labute approximate surface area is 166 Å². The van der Waals surface area contributed by atoms with Crippen LogP contribution in [0.15, 0.2) is 48.8 Å². The Kier molecular flexibility index (Phi) is 6.03. The molecule has 2 aromatic rings. The summed E-state index contributed by atoms with van der Waals surface area (Å²) in [6, 6.07) is 12.5. The summed E-state index contributed by atoms with van der Waals surface area (Å²) in [5.74, 6) is 0.143. The number of pyridine rings is 1. The third-order valence-electron chi connectivity index (χ3n) is 5.96. The van der Waals surface area contributed by atoms with Crippen LogP contribution in [0.4, 0.5) is 0 Å². The lowest BCUT2D eigenvalue weighted by molar-refractivity contribution is -0.137. The summed E-state index contributed by atoms with van der Waals surface area (Å²) < 4.78 is 11.2. The summed E-state index contributed by atoms with van der Waals surface area (Å²) in [6.45, 7) is 2.71. The first-order valence-electron chi connectivity index (χ1n) is 10.2. The van der Waals surface area contributed by atoms with E-state index >= 15 is 0 Å². The fourth-order valence-corrected chi connectivity index (χ4v) is 4.20. The van der Waals surface area contributed by atoms with Crippen molar-refractivity contribution in [1.82, 2.24) is 10.3 Å². The molecule has 3 heterocycles. The number of ether oxygens (including phenoxy) is 2. The van der Waals surface area contributed by atoms with Crippen LogP contribution in [-0.4, -0.2) is 43.4 Å². The zero-order valence-corrected chi connectivity index (χ0v) is 16.2. The molecule has 2 aliphatic heterocycles. The molecule has 28 heavy (non-hydrogen) atoms. The van der Waals surface area contributed by atoms with Crippen molar-refractivity contribution in [3.05, 3.63) is 54.4 Å². The van der Waals surface area contributed by atoms with Gasteiger partial charge in [0.05, 0.1) is 11.5 Å². The number of nitrogens with one attached hydrogen (secondary N) is 1. The molecule has 0 spiro atoms. The summed E-state index contributed by atoms with van der Waals surface area (Å²) in [7, 11) is 0. The first kappa shape index (κ1) is 19.1. The van der Waals surface area contributed by atoms with Crippen LogP contribution in [-0.2, 0) is 20.7 Å². The maximum absolute atomic E-state index is 13.1.